The highest BCUT2D eigenvalue weighted by Gasteiger charge is 2.21. The van der Waals surface area contributed by atoms with Gasteiger partial charge in [-0.3, -0.25) is 9.08 Å². The number of hydrogen-bond donors (Lipinski definition) is 2. The number of benzene rings is 1. The first kappa shape index (κ1) is 20.0. The largest absolute Gasteiger partial charge is 0.493 e. The van der Waals surface area contributed by atoms with Gasteiger partial charge in [0, 0.05) is 43.9 Å². The first-order chi connectivity index (χ1) is 15.6. The minimum Gasteiger partial charge on any atom is -0.493 e. The zero-order valence-electron chi connectivity index (χ0n) is 17.7. The number of nitrogens with zero attached hydrogens (tertiary/aromatic N) is 6. The van der Waals surface area contributed by atoms with Gasteiger partial charge in [-0.2, -0.15) is 10.4 Å². The number of hydrogen-bond acceptors (Lipinski definition) is 7. The van der Waals surface area contributed by atoms with Crippen molar-refractivity contribution in [3.05, 3.63) is 58.9 Å². The summed E-state index contributed by atoms with van der Waals surface area (Å²) < 4.78 is 23.6. The summed E-state index contributed by atoms with van der Waals surface area (Å²) in [7, 11) is 3.71. The van der Waals surface area contributed by atoms with Crippen LogP contribution in [0.25, 0.3) is 16.9 Å². The molecule has 0 spiro atoms. The summed E-state index contributed by atoms with van der Waals surface area (Å²) in [6.45, 7) is 1.42. The number of anilines is 1. The van der Waals surface area contributed by atoms with Gasteiger partial charge < -0.3 is 15.4 Å². The predicted molar refractivity (Wildman–Crippen MR) is 116 cm³/mol. The second kappa shape index (κ2) is 7.94. The zero-order valence-corrected chi connectivity index (χ0v) is 17.7. The van der Waals surface area contributed by atoms with Crippen LogP contribution in [0.2, 0.25) is 0 Å². The van der Waals surface area contributed by atoms with Gasteiger partial charge in [-0.05, 0) is 25.2 Å². The van der Waals surface area contributed by atoms with Crippen LogP contribution in [-0.4, -0.2) is 37.8 Å². The molecule has 162 valence electrons. The summed E-state index contributed by atoms with van der Waals surface area (Å²) >= 11 is 0. The van der Waals surface area contributed by atoms with Crippen molar-refractivity contribution in [2.45, 2.75) is 19.5 Å². The summed E-state index contributed by atoms with van der Waals surface area (Å²) in [6.07, 6.45) is 3.99. The standard InChI is InChI=1S/C22H21FN8O/c1-25-9-13-7-19(30(2)29-13)17-11-27-22(31-12-14(8-24)28-21(17)31)26-10-16-15-5-6-32-20(15)4-3-18(16)23/h3-4,7,11-12,25H,5-6,9-10H2,1-2H3,(H,26,27). The Labute approximate surface area is 183 Å². The maximum atomic E-state index is 14.5. The Hall–Kier alpha value is -3.97. The van der Waals surface area contributed by atoms with E-state index in [1.54, 1.807) is 27.5 Å². The molecule has 0 aliphatic carbocycles. The van der Waals surface area contributed by atoms with Crippen LogP contribution in [0.15, 0.2) is 30.6 Å². The summed E-state index contributed by atoms with van der Waals surface area (Å²) in [5.41, 5.74) is 4.73. The van der Waals surface area contributed by atoms with Gasteiger partial charge in [-0.25, -0.2) is 14.4 Å². The van der Waals surface area contributed by atoms with Crippen molar-refractivity contribution in [2.75, 3.05) is 19.0 Å². The van der Waals surface area contributed by atoms with Crippen LogP contribution in [0.5, 0.6) is 5.75 Å². The SMILES string of the molecule is CNCc1cc(-c2cnc(NCc3c(F)ccc4c3CCO4)n3cc(C#N)nc23)n(C)n1. The Morgan fingerprint density at radius 3 is 3.00 bits per heavy atom. The highest BCUT2D eigenvalue weighted by molar-refractivity contribution is 5.76. The summed E-state index contributed by atoms with van der Waals surface area (Å²) in [5, 5.41) is 20.2. The van der Waals surface area contributed by atoms with Gasteiger partial charge in [-0.15, -0.1) is 0 Å². The van der Waals surface area contributed by atoms with E-state index in [-0.39, 0.29) is 18.1 Å². The molecule has 2 N–H and O–H groups in total. The van der Waals surface area contributed by atoms with Crippen LogP contribution in [0.4, 0.5) is 10.3 Å². The number of nitrogens with one attached hydrogen (secondary N) is 2. The van der Waals surface area contributed by atoms with Crippen LogP contribution in [0.3, 0.4) is 0 Å². The van der Waals surface area contributed by atoms with Crippen molar-refractivity contribution in [1.82, 2.24) is 29.5 Å². The number of imidazole rings is 1. The fourth-order valence-corrected chi connectivity index (χ4v) is 4.06. The van der Waals surface area contributed by atoms with Crippen molar-refractivity contribution in [2.24, 2.45) is 7.05 Å². The van der Waals surface area contributed by atoms with Crippen LogP contribution in [0, 0.1) is 17.1 Å². The molecular weight excluding hydrogens is 411 g/mol. The zero-order chi connectivity index (χ0) is 22.2. The van der Waals surface area contributed by atoms with Crippen molar-refractivity contribution >= 4 is 11.6 Å². The van der Waals surface area contributed by atoms with Gasteiger partial charge in [0.05, 0.1) is 29.8 Å². The number of nitriles is 1. The van der Waals surface area contributed by atoms with Gasteiger partial charge in [0.15, 0.2) is 11.3 Å². The molecule has 0 bridgehead atoms. The molecule has 0 atom stereocenters. The smallest absolute Gasteiger partial charge is 0.208 e. The van der Waals surface area contributed by atoms with E-state index in [2.05, 4.69) is 31.8 Å². The molecule has 0 unspecified atom stereocenters. The van der Waals surface area contributed by atoms with Crippen LogP contribution < -0.4 is 15.4 Å². The first-order valence-electron chi connectivity index (χ1n) is 10.2. The molecule has 1 aliphatic rings. The highest BCUT2D eigenvalue weighted by atomic mass is 19.1. The number of rotatable bonds is 6. The third-order valence-electron chi connectivity index (χ3n) is 5.53. The maximum absolute atomic E-state index is 14.5. The highest BCUT2D eigenvalue weighted by Crippen LogP contribution is 2.31. The Morgan fingerprint density at radius 1 is 1.31 bits per heavy atom. The molecule has 4 heterocycles. The average Bonchev–Trinajstić information content (AvgIpc) is 3.51. The lowest BCUT2D eigenvalue weighted by Crippen LogP contribution is -2.10. The summed E-state index contributed by atoms with van der Waals surface area (Å²) in [4.78, 5) is 9.02. The molecule has 0 amide bonds. The van der Waals surface area contributed by atoms with Crippen molar-refractivity contribution < 1.29 is 9.13 Å². The maximum Gasteiger partial charge on any atom is 0.208 e. The molecule has 4 aromatic rings. The van der Waals surface area contributed by atoms with Crippen LogP contribution in [0.1, 0.15) is 22.5 Å². The molecule has 9 nitrogen and oxygen atoms in total. The Bertz CT molecular complexity index is 1370. The monoisotopic (exact) mass is 432 g/mol. The Morgan fingerprint density at radius 2 is 2.19 bits per heavy atom. The molecule has 1 aliphatic heterocycles. The van der Waals surface area contributed by atoms with E-state index in [1.807, 2.05) is 20.2 Å². The van der Waals surface area contributed by atoms with Crippen molar-refractivity contribution in [3.63, 3.8) is 0 Å². The minimum absolute atomic E-state index is 0.234. The number of ether oxygens (including phenoxy) is 1. The lowest BCUT2D eigenvalue weighted by molar-refractivity contribution is 0.356. The fraction of sp³-hybridized carbons (Fsp3) is 0.273. The number of aryl methyl sites for hydroxylation is 1. The molecule has 0 saturated carbocycles. The lowest BCUT2D eigenvalue weighted by atomic mass is 10.0. The molecule has 3 aromatic heterocycles. The second-order valence-corrected chi connectivity index (χ2v) is 7.56. The summed E-state index contributed by atoms with van der Waals surface area (Å²) in [6, 6.07) is 7.13. The molecule has 10 heteroatoms. The second-order valence-electron chi connectivity index (χ2n) is 7.56. The average molecular weight is 432 g/mol. The lowest BCUT2D eigenvalue weighted by Gasteiger charge is -2.13. The van der Waals surface area contributed by atoms with E-state index in [9.17, 15) is 9.65 Å². The van der Waals surface area contributed by atoms with Crippen LogP contribution >= 0.6 is 0 Å². The van der Waals surface area contributed by atoms with Gasteiger partial charge in [0.2, 0.25) is 5.95 Å². The van der Waals surface area contributed by atoms with Crippen LogP contribution in [-0.2, 0) is 26.6 Å². The van der Waals surface area contributed by atoms with E-state index < -0.39 is 0 Å². The van der Waals surface area contributed by atoms with E-state index >= 15 is 0 Å². The third kappa shape index (κ3) is 3.33. The third-order valence-corrected chi connectivity index (χ3v) is 5.53. The molecule has 0 fully saturated rings. The number of aromatic nitrogens is 5. The molecule has 5 rings (SSSR count). The number of fused-ring (bicyclic) bond motifs is 2. The fourth-order valence-electron chi connectivity index (χ4n) is 4.06. The Kier molecular flexibility index (Phi) is 4.95. The molecule has 0 radical (unpaired) electrons. The van der Waals surface area contributed by atoms with Gasteiger partial charge in [0.1, 0.15) is 17.6 Å². The minimum atomic E-state index is -0.287. The van der Waals surface area contributed by atoms with E-state index in [0.717, 1.165) is 28.3 Å². The molecular formula is C22H21FN8O. The quantitative estimate of drug-likeness (QED) is 0.482. The van der Waals surface area contributed by atoms with E-state index in [0.29, 0.717) is 36.7 Å². The van der Waals surface area contributed by atoms with Crippen molar-refractivity contribution in [1.29, 1.82) is 5.26 Å². The Balaban J connectivity index is 1.54. The molecule has 1 aromatic carbocycles. The van der Waals surface area contributed by atoms with Gasteiger partial charge in [-0.1, -0.05) is 0 Å². The van der Waals surface area contributed by atoms with Gasteiger partial charge >= 0.3 is 0 Å². The normalized spacial score (nSPS) is 12.6. The molecule has 32 heavy (non-hydrogen) atoms. The van der Waals surface area contributed by atoms with Gasteiger partial charge in [0.25, 0.3) is 0 Å². The molecule has 0 saturated heterocycles. The van der Waals surface area contributed by atoms with Crippen molar-refractivity contribution in [3.8, 4) is 23.1 Å². The van der Waals surface area contributed by atoms with E-state index in [1.165, 1.54) is 6.07 Å². The summed E-state index contributed by atoms with van der Waals surface area (Å²) in [5.74, 6) is 0.899. The predicted octanol–water partition coefficient (Wildman–Crippen LogP) is 2.41. The topological polar surface area (TPSA) is 105 Å². The van der Waals surface area contributed by atoms with E-state index in [4.69, 9.17) is 4.74 Å². The first-order valence-corrected chi connectivity index (χ1v) is 10.2. The number of halogens is 1.